The molecule has 3 aliphatic rings. The van der Waals surface area contributed by atoms with E-state index in [-0.39, 0.29) is 42.5 Å². The van der Waals surface area contributed by atoms with Gasteiger partial charge in [-0.05, 0) is 37.3 Å². The maximum atomic E-state index is 12.7. The van der Waals surface area contributed by atoms with Crippen LogP contribution in [0.15, 0.2) is 24.3 Å². The lowest BCUT2D eigenvalue weighted by Gasteiger charge is -2.30. The number of imide groups is 1. The van der Waals surface area contributed by atoms with Crippen LogP contribution in [0.2, 0.25) is 0 Å². The molecule has 0 unspecified atom stereocenters. The van der Waals surface area contributed by atoms with E-state index in [2.05, 4.69) is 6.07 Å². The molecule has 0 bridgehead atoms. The molecule has 1 saturated heterocycles. The smallest absolute Gasteiger partial charge is 0.308 e. The summed E-state index contributed by atoms with van der Waals surface area (Å²) in [4.78, 5) is 52.9. The Balaban J connectivity index is 1.27. The van der Waals surface area contributed by atoms with Crippen molar-refractivity contribution in [3.63, 3.8) is 0 Å². The van der Waals surface area contributed by atoms with Crippen LogP contribution in [-0.4, -0.2) is 52.7 Å². The van der Waals surface area contributed by atoms with Crippen LogP contribution in [0.4, 0.5) is 0 Å². The quantitative estimate of drug-likeness (QED) is 0.546. The van der Waals surface area contributed by atoms with E-state index >= 15 is 0 Å². The van der Waals surface area contributed by atoms with Crippen LogP contribution in [0.1, 0.15) is 50.2 Å². The first-order valence-electron chi connectivity index (χ1n) is 10.9. The highest BCUT2D eigenvalue weighted by atomic mass is 16.5. The summed E-state index contributed by atoms with van der Waals surface area (Å²) in [5, 5.41) is 0. The Morgan fingerprint density at radius 2 is 1.70 bits per heavy atom. The summed E-state index contributed by atoms with van der Waals surface area (Å²) in [5.41, 5.74) is 2.36. The molecule has 30 heavy (non-hydrogen) atoms. The molecule has 1 aromatic rings. The molecule has 2 heterocycles. The normalized spacial score (nSPS) is 24.3. The maximum absolute atomic E-state index is 12.7. The number of benzene rings is 1. The molecule has 1 aliphatic carbocycles. The Bertz CT molecular complexity index is 843. The molecule has 2 fully saturated rings. The molecule has 4 rings (SSSR count). The molecule has 2 aliphatic heterocycles. The highest BCUT2D eigenvalue weighted by Crippen LogP contribution is 2.38. The van der Waals surface area contributed by atoms with E-state index in [1.54, 1.807) is 11.8 Å². The lowest BCUT2D eigenvalue weighted by Crippen LogP contribution is -2.43. The highest BCUT2D eigenvalue weighted by Gasteiger charge is 2.47. The van der Waals surface area contributed by atoms with Crippen molar-refractivity contribution >= 4 is 23.7 Å². The zero-order valence-electron chi connectivity index (χ0n) is 17.3. The first-order chi connectivity index (χ1) is 14.5. The van der Waals surface area contributed by atoms with Gasteiger partial charge in [0.25, 0.3) is 5.91 Å². The fourth-order valence-corrected chi connectivity index (χ4v) is 4.90. The first-order valence-corrected chi connectivity index (χ1v) is 10.9. The van der Waals surface area contributed by atoms with Crippen molar-refractivity contribution in [1.82, 2.24) is 9.80 Å². The van der Waals surface area contributed by atoms with Crippen molar-refractivity contribution in [2.45, 2.75) is 58.1 Å². The molecule has 1 aromatic carbocycles. The lowest BCUT2D eigenvalue weighted by atomic mass is 9.81. The molecule has 3 atom stereocenters. The Morgan fingerprint density at radius 3 is 2.37 bits per heavy atom. The van der Waals surface area contributed by atoms with Gasteiger partial charge < -0.3 is 9.64 Å². The van der Waals surface area contributed by atoms with E-state index in [1.165, 1.54) is 10.5 Å². The SMILES string of the molecule is C[C@@H](OC(=O)CCN1C(=O)[C@H]2CCCC[C@H]2C1=O)C(=O)N1CCc2ccccc2C1. The topological polar surface area (TPSA) is 84.0 Å². The summed E-state index contributed by atoms with van der Waals surface area (Å²) in [5.74, 6) is -1.54. The zero-order valence-corrected chi connectivity index (χ0v) is 17.3. The van der Waals surface area contributed by atoms with Crippen LogP contribution in [0.5, 0.6) is 0 Å². The molecule has 0 radical (unpaired) electrons. The molecule has 3 amide bonds. The van der Waals surface area contributed by atoms with Crippen molar-refractivity contribution in [1.29, 1.82) is 0 Å². The van der Waals surface area contributed by atoms with Crippen LogP contribution < -0.4 is 0 Å². The summed E-state index contributed by atoms with van der Waals surface area (Å²) in [6.07, 6.45) is 3.24. The van der Waals surface area contributed by atoms with E-state index in [4.69, 9.17) is 4.74 Å². The van der Waals surface area contributed by atoms with E-state index < -0.39 is 12.1 Å². The number of likely N-dealkylation sites (tertiary alicyclic amines) is 1. The number of hydrogen-bond acceptors (Lipinski definition) is 5. The van der Waals surface area contributed by atoms with Gasteiger partial charge in [-0.3, -0.25) is 24.1 Å². The average molecular weight is 412 g/mol. The zero-order chi connectivity index (χ0) is 21.3. The minimum absolute atomic E-state index is 0.0293. The first kappa shape index (κ1) is 20.6. The number of carbonyl (C=O) groups excluding carboxylic acids is 4. The van der Waals surface area contributed by atoms with Gasteiger partial charge in [-0.15, -0.1) is 0 Å². The van der Waals surface area contributed by atoms with Gasteiger partial charge in [-0.2, -0.15) is 0 Å². The van der Waals surface area contributed by atoms with Gasteiger partial charge in [0.1, 0.15) is 0 Å². The second-order valence-electron chi connectivity index (χ2n) is 8.49. The summed E-state index contributed by atoms with van der Waals surface area (Å²) >= 11 is 0. The molecule has 0 N–H and O–H groups in total. The fourth-order valence-electron chi connectivity index (χ4n) is 4.90. The fraction of sp³-hybridized carbons (Fsp3) is 0.565. The second-order valence-corrected chi connectivity index (χ2v) is 8.49. The third-order valence-electron chi connectivity index (χ3n) is 6.57. The Morgan fingerprint density at radius 1 is 1.07 bits per heavy atom. The third kappa shape index (κ3) is 3.98. The predicted octanol–water partition coefficient (Wildman–Crippen LogP) is 2.07. The lowest BCUT2D eigenvalue weighted by molar-refractivity contribution is -0.160. The molecule has 0 aromatic heterocycles. The highest BCUT2D eigenvalue weighted by molar-refractivity contribution is 6.05. The van der Waals surface area contributed by atoms with E-state index in [1.807, 2.05) is 18.2 Å². The van der Waals surface area contributed by atoms with Gasteiger partial charge in [0.2, 0.25) is 11.8 Å². The number of amides is 3. The molecule has 160 valence electrons. The van der Waals surface area contributed by atoms with Gasteiger partial charge in [0, 0.05) is 19.6 Å². The molecule has 7 heteroatoms. The second kappa shape index (κ2) is 8.58. The molecular weight excluding hydrogens is 384 g/mol. The maximum Gasteiger partial charge on any atom is 0.308 e. The number of ether oxygens (including phenoxy) is 1. The van der Waals surface area contributed by atoms with Crippen LogP contribution >= 0.6 is 0 Å². The van der Waals surface area contributed by atoms with Gasteiger partial charge in [0.05, 0.1) is 18.3 Å². The van der Waals surface area contributed by atoms with Crippen molar-refractivity contribution in [2.75, 3.05) is 13.1 Å². The summed E-state index contributed by atoms with van der Waals surface area (Å²) < 4.78 is 5.32. The van der Waals surface area contributed by atoms with E-state index in [9.17, 15) is 19.2 Å². The van der Waals surface area contributed by atoms with E-state index in [0.29, 0.717) is 13.1 Å². The Labute approximate surface area is 176 Å². The van der Waals surface area contributed by atoms with Gasteiger partial charge >= 0.3 is 5.97 Å². The van der Waals surface area contributed by atoms with Gasteiger partial charge in [-0.1, -0.05) is 37.1 Å². The molecule has 0 spiro atoms. The van der Waals surface area contributed by atoms with Crippen molar-refractivity contribution in [3.05, 3.63) is 35.4 Å². The minimum Gasteiger partial charge on any atom is -0.452 e. The van der Waals surface area contributed by atoms with Gasteiger partial charge in [0.15, 0.2) is 6.10 Å². The van der Waals surface area contributed by atoms with Crippen molar-refractivity contribution in [2.24, 2.45) is 11.8 Å². The number of nitrogens with zero attached hydrogens (tertiary/aromatic N) is 2. The number of fused-ring (bicyclic) bond motifs is 2. The number of carbonyl (C=O) groups is 4. The van der Waals surface area contributed by atoms with Gasteiger partial charge in [-0.25, -0.2) is 0 Å². The van der Waals surface area contributed by atoms with Crippen LogP contribution in [0, 0.1) is 11.8 Å². The number of hydrogen-bond donors (Lipinski definition) is 0. The monoisotopic (exact) mass is 412 g/mol. The van der Waals surface area contributed by atoms with Crippen molar-refractivity contribution < 1.29 is 23.9 Å². The van der Waals surface area contributed by atoms with Crippen LogP contribution in [0.25, 0.3) is 0 Å². The molecule has 7 nitrogen and oxygen atoms in total. The van der Waals surface area contributed by atoms with Crippen LogP contribution in [0.3, 0.4) is 0 Å². The summed E-state index contributed by atoms with van der Waals surface area (Å²) in [6, 6.07) is 8.02. The minimum atomic E-state index is -0.893. The Kier molecular flexibility index (Phi) is 5.88. The van der Waals surface area contributed by atoms with E-state index in [0.717, 1.165) is 37.7 Å². The average Bonchev–Trinajstić information content (AvgIpc) is 3.01. The number of esters is 1. The molecular formula is C23H28N2O5. The third-order valence-corrected chi connectivity index (χ3v) is 6.57. The summed E-state index contributed by atoms with van der Waals surface area (Å²) in [6.45, 7) is 2.71. The summed E-state index contributed by atoms with van der Waals surface area (Å²) in [7, 11) is 0. The molecule has 1 saturated carbocycles. The number of rotatable bonds is 5. The van der Waals surface area contributed by atoms with Crippen molar-refractivity contribution in [3.8, 4) is 0 Å². The standard InChI is InChI=1S/C23H28N2O5/c1-15(21(27)24-12-10-16-6-2-3-7-17(16)14-24)30-20(26)11-13-25-22(28)18-8-4-5-9-19(18)23(25)29/h2-3,6-7,15,18-19H,4-5,8-14H2,1H3/t15-,18-,19+/m1/s1. The largest absolute Gasteiger partial charge is 0.452 e. The predicted molar refractivity (Wildman–Crippen MR) is 108 cm³/mol. The Hall–Kier alpha value is -2.70. The van der Waals surface area contributed by atoms with Crippen LogP contribution in [-0.2, 0) is 36.9 Å².